The van der Waals surface area contributed by atoms with E-state index < -0.39 is 0 Å². The minimum absolute atomic E-state index is 0. The second-order valence-corrected chi connectivity index (χ2v) is 4.97. The molecule has 0 bridgehead atoms. The Morgan fingerprint density at radius 2 is 1.87 bits per heavy atom. The normalized spacial score (nSPS) is 13.1. The maximum atomic E-state index is 9.36. The molecular formula is C12H20INO. The molecule has 0 heterocycles. The van der Waals surface area contributed by atoms with E-state index in [1.165, 1.54) is 5.56 Å². The van der Waals surface area contributed by atoms with Gasteiger partial charge in [0.1, 0.15) is 5.75 Å². The second kappa shape index (κ2) is 5.70. The Morgan fingerprint density at radius 3 is 2.33 bits per heavy atom. The maximum Gasteiger partial charge on any atom is 0.115 e. The number of hydrogen-bond donors (Lipinski definition) is 1. The third-order valence-corrected chi connectivity index (χ3v) is 2.26. The van der Waals surface area contributed by atoms with Crippen molar-refractivity contribution in [3.63, 3.8) is 0 Å². The van der Waals surface area contributed by atoms with Gasteiger partial charge in [-0.2, -0.15) is 0 Å². The van der Waals surface area contributed by atoms with Gasteiger partial charge in [-0.15, -0.1) is 0 Å². The van der Waals surface area contributed by atoms with Gasteiger partial charge in [-0.1, -0.05) is 19.1 Å². The van der Waals surface area contributed by atoms with Gasteiger partial charge in [-0.3, -0.25) is 0 Å². The zero-order valence-corrected chi connectivity index (χ0v) is 12.0. The van der Waals surface area contributed by atoms with Crippen LogP contribution < -0.4 is 24.0 Å². The number of nitrogens with zero attached hydrogens (tertiary/aromatic N) is 1. The Hall–Kier alpha value is -0.290. The van der Waals surface area contributed by atoms with E-state index in [9.17, 15) is 5.11 Å². The van der Waals surface area contributed by atoms with Crippen LogP contribution in [0.2, 0.25) is 0 Å². The first-order valence-electron chi connectivity index (χ1n) is 4.98. The molecule has 1 N–H and O–H groups in total. The van der Waals surface area contributed by atoms with Gasteiger partial charge in [0.25, 0.3) is 0 Å². The second-order valence-electron chi connectivity index (χ2n) is 4.97. The topological polar surface area (TPSA) is 20.2 Å². The Morgan fingerprint density at radius 1 is 1.27 bits per heavy atom. The molecule has 0 aliphatic rings. The fourth-order valence-corrected chi connectivity index (χ4v) is 1.76. The molecule has 15 heavy (non-hydrogen) atoms. The lowest BCUT2D eigenvalue weighted by atomic mass is 10.00. The molecule has 2 nitrogen and oxygen atoms in total. The SMILES string of the molecule is CC(C[N+](C)(C)C)c1cccc(O)c1.[I-]. The third-order valence-electron chi connectivity index (χ3n) is 2.26. The number of halogens is 1. The minimum Gasteiger partial charge on any atom is -1.00 e. The van der Waals surface area contributed by atoms with E-state index in [1.54, 1.807) is 6.07 Å². The van der Waals surface area contributed by atoms with Crippen molar-refractivity contribution < 1.29 is 33.6 Å². The molecule has 0 aliphatic heterocycles. The van der Waals surface area contributed by atoms with Crippen LogP contribution in [-0.4, -0.2) is 37.3 Å². The molecule has 0 spiro atoms. The largest absolute Gasteiger partial charge is 1.00 e. The van der Waals surface area contributed by atoms with Gasteiger partial charge < -0.3 is 33.6 Å². The van der Waals surface area contributed by atoms with Gasteiger partial charge in [0.15, 0.2) is 0 Å². The van der Waals surface area contributed by atoms with Crippen LogP contribution in [0.15, 0.2) is 24.3 Å². The zero-order chi connectivity index (χ0) is 10.8. The molecule has 1 unspecified atom stereocenters. The molecule has 0 radical (unpaired) electrons. The summed E-state index contributed by atoms with van der Waals surface area (Å²) in [6.45, 7) is 3.27. The Bertz CT molecular complexity index is 307. The van der Waals surface area contributed by atoms with E-state index >= 15 is 0 Å². The lowest BCUT2D eigenvalue weighted by Crippen LogP contribution is -3.00. The van der Waals surface area contributed by atoms with E-state index in [0.717, 1.165) is 11.0 Å². The molecule has 0 amide bonds. The average Bonchev–Trinajstić information content (AvgIpc) is 2.01. The number of hydrogen-bond acceptors (Lipinski definition) is 1. The lowest BCUT2D eigenvalue weighted by Gasteiger charge is -2.27. The summed E-state index contributed by atoms with van der Waals surface area (Å²) >= 11 is 0. The molecule has 3 heteroatoms. The Balaban J connectivity index is 0.00000196. The molecule has 1 aromatic rings. The first kappa shape index (κ1) is 14.7. The fraction of sp³-hybridized carbons (Fsp3) is 0.500. The maximum absolute atomic E-state index is 9.36. The number of rotatable bonds is 3. The van der Waals surface area contributed by atoms with Crippen molar-refractivity contribution in [2.45, 2.75) is 12.8 Å². The van der Waals surface area contributed by atoms with Crippen LogP contribution in [0, 0.1) is 0 Å². The number of likely N-dealkylation sites (N-methyl/N-ethyl adjacent to an activating group) is 1. The van der Waals surface area contributed by atoms with E-state index in [-0.39, 0.29) is 24.0 Å². The Kier molecular flexibility index (Phi) is 5.59. The van der Waals surface area contributed by atoms with Gasteiger partial charge in [0.05, 0.1) is 27.7 Å². The quantitative estimate of drug-likeness (QED) is 0.571. The van der Waals surface area contributed by atoms with Crippen molar-refractivity contribution in [1.82, 2.24) is 0 Å². The summed E-state index contributed by atoms with van der Waals surface area (Å²) < 4.78 is 0.941. The highest BCUT2D eigenvalue weighted by Crippen LogP contribution is 2.21. The summed E-state index contributed by atoms with van der Waals surface area (Å²) in [5.41, 5.74) is 1.21. The predicted octanol–water partition coefficient (Wildman–Crippen LogP) is -0.794. The molecule has 1 rings (SSSR count). The van der Waals surface area contributed by atoms with Crippen molar-refractivity contribution in [3.8, 4) is 5.75 Å². The molecule has 0 fully saturated rings. The number of aromatic hydroxyl groups is 1. The summed E-state index contributed by atoms with van der Waals surface area (Å²) in [5, 5.41) is 9.36. The van der Waals surface area contributed by atoms with E-state index in [1.807, 2.05) is 12.1 Å². The summed E-state index contributed by atoms with van der Waals surface area (Å²) in [6, 6.07) is 7.53. The van der Waals surface area contributed by atoms with Crippen LogP contribution in [0.5, 0.6) is 5.75 Å². The van der Waals surface area contributed by atoms with Crippen molar-refractivity contribution >= 4 is 0 Å². The van der Waals surface area contributed by atoms with Crippen molar-refractivity contribution in [2.24, 2.45) is 0 Å². The van der Waals surface area contributed by atoms with Crippen LogP contribution in [0.25, 0.3) is 0 Å². The van der Waals surface area contributed by atoms with Crippen LogP contribution in [0.3, 0.4) is 0 Å². The van der Waals surface area contributed by atoms with Crippen LogP contribution in [0.1, 0.15) is 18.4 Å². The fourth-order valence-electron chi connectivity index (χ4n) is 1.76. The standard InChI is InChI=1S/C12H19NO.HI/c1-10(9-13(2,3)4)11-6-5-7-12(14)8-11;/h5-8,10H,9H2,1-4H3;1H. The van der Waals surface area contributed by atoms with E-state index in [4.69, 9.17) is 0 Å². The van der Waals surface area contributed by atoms with Gasteiger partial charge in [-0.05, 0) is 17.7 Å². The van der Waals surface area contributed by atoms with E-state index in [0.29, 0.717) is 11.7 Å². The molecular weight excluding hydrogens is 301 g/mol. The molecule has 0 aliphatic carbocycles. The summed E-state index contributed by atoms with van der Waals surface area (Å²) in [5.74, 6) is 0.831. The van der Waals surface area contributed by atoms with Crippen LogP contribution >= 0.6 is 0 Å². The predicted molar refractivity (Wildman–Crippen MR) is 59.4 cm³/mol. The zero-order valence-electron chi connectivity index (χ0n) is 9.87. The molecule has 1 atom stereocenters. The van der Waals surface area contributed by atoms with Crippen LogP contribution in [-0.2, 0) is 0 Å². The van der Waals surface area contributed by atoms with Crippen molar-refractivity contribution in [3.05, 3.63) is 29.8 Å². The van der Waals surface area contributed by atoms with Gasteiger partial charge in [0.2, 0.25) is 0 Å². The molecule has 0 aromatic heterocycles. The molecule has 0 saturated carbocycles. The van der Waals surface area contributed by atoms with Gasteiger partial charge in [-0.25, -0.2) is 0 Å². The monoisotopic (exact) mass is 321 g/mol. The molecule has 1 aromatic carbocycles. The smallest absolute Gasteiger partial charge is 0.115 e. The molecule has 0 saturated heterocycles. The first-order chi connectivity index (χ1) is 6.38. The number of phenolic OH excluding ortho intramolecular Hbond substituents is 1. The lowest BCUT2D eigenvalue weighted by molar-refractivity contribution is -0.871. The average molecular weight is 321 g/mol. The molecule has 86 valence electrons. The summed E-state index contributed by atoms with van der Waals surface area (Å²) in [4.78, 5) is 0. The minimum atomic E-state index is 0. The summed E-state index contributed by atoms with van der Waals surface area (Å²) in [7, 11) is 6.54. The van der Waals surface area contributed by atoms with Gasteiger partial charge >= 0.3 is 0 Å². The van der Waals surface area contributed by atoms with Crippen molar-refractivity contribution in [1.29, 1.82) is 0 Å². The highest BCUT2D eigenvalue weighted by molar-refractivity contribution is 5.29. The first-order valence-corrected chi connectivity index (χ1v) is 4.98. The van der Waals surface area contributed by atoms with E-state index in [2.05, 4.69) is 34.1 Å². The highest BCUT2D eigenvalue weighted by Gasteiger charge is 2.15. The number of phenols is 1. The Labute approximate surface area is 110 Å². The number of benzene rings is 1. The van der Waals surface area contributed by atoms with Crippen LogP contribution in [0.4, 0.5) is 0 Å². The van der Waals surface area contributed by atoms with Gasteiger partial charge in [0, 0.05) is 5.92 Å². The van der Waals surface area contributed by atoms with Crippen molar-refractivity contribution in [2.75, 3.05) is 27.7 Å². The summed E-state index contributed by atoms with van der Waals surface area (Å²) in [6.07, 6.45) is 0. The third kappa shape index (κ3) is 5.37. The number of quaternary nitrogens is 1. The highest BCUT2D eigenvalue weighted by atomic mass is 127.